The highest BCUT2D eigenvalue weighted by Gasteiger charge is 2.15. The molecule has 0 atom stereocenters. The number of anilines is 6. The van der Waals surface area contributed by atoms with E-state index in [0.717, 1.165) is 89.8 Å². The standard InChI is InChI=1S/C95H74N2/c1-73-33-63-89(64-34-73)97(92-69-59-82(60-70-92)52-48-77-41-37-75(38-42-77)20-18-32-95(86-25-11-4-12-26-86)87-27-13-5-14-28-87)93-71-61-83(62-72-93)54-50-79-45-43-78(44-46-79)49-53-81-57-67-91(68-58-81)96(88-29-15-6-16-30-88)90-65-55-80(56-66-90)51-47-76-39-35-74(36-40-76)19-17-31-94(84-21-7-2-8-22-84)85-23-9-3-10-24-85/h2-72H,1H3/b19-17+,20-18+,51-47+,52-48+,53-49+,54-50+. The summed E-state index contributed by atoms with van der Waals surface area (Å²) >= 11 is 0. The number of hydrogen-bond donors (Lipinski definition) is 0. The van der Waals surface area contributed by atoms with E-state index in [9.17, 15) is 0 Å². The van der Waals surface area contributed by atoms with E-state index in [4.69, 9.17) is 0 Å². The summed E-state index contributed by atoms with van der Waals surface area (Å²) in [5, 5.41) is 0. The number of benzene rings is 13. The van der Waals surface area contributed by atoms with Crippen molar-refractivity contribution in [3.63, 3.8) is 0 Å². The average Bonchev–Trinajstić information content (AvgIpc) is 0.859. The van der Waals surface area contributed by atoms with Gasteiger partial charge in [-0.25, -0.2) is 0 Å². The molecule has 0 bridgehead atoms. The first-order valence-corrected chi connectivity index (χ1v) is 33.1. The molecule has 2 heteroatoms. The lowest BCUT2D eigenvalue weighted by molar-refractivity contribution is 1.27. The van der Waals surface area contributed by atoms with Crippen LogP contribution in [-0.4, -0.2) is 0 Å². The fourth-order valence-electron chi connectivity index (χ4n) is 11.7. The molecular weight excluding hydrogens is 1170 g/mol. The molecule has 0 aromatic heterocycles. The fraction of sp³-hybridized carbons (Fsp3) is 0.0105. The Balaban J connectivity index is 0.615. The first-order valence-electron chi connectivity index (χ1n) is 33.1. The Labute approximate surface area is 572 Å². The van der Waals surface area contributed by atoms with Crippen LogP contribution in [0.2, 0.25) is 0 Å². The second-order valence-corrected chi connectivity index (χ2v) is 23.9. The molecule has 0 spiro atoms. The molecule has 2 nitrogen and oxygen atoms in total. The molecule has 0 saturated carbocycles. The van der Waals surface area contributed by atoms with Crippen molar-refractivity contribution >= 4 is 106 Å². The van der Waals surface area contributed by atoms with Crippen molar-refractivity contribution in [3.8, 4) is 0 Å². The van der Waals surface area contributed by atoms with Crippen molar-refractivity contribution in [3.05, 3.63) is 454 Å². The number of rotatable bonds is 22. The summed E-state index contributed by atoms with van der Waals surface area (Å²) in [6.07, 6.45) is 30.4. The first kappa shape index (κ1) is 63.2. The van der Waals surface area contributed by atoms with Crippen LogP contribution in [0.1, 0.15) is 83.5 Å². The summed E-state index contributed by atoms with van der Waals surface area (Å²) in [6, 6.07) is 123. The lowest BCUT2D eigenvalue weighted by Gasteiger charge is -2.26. The molecule has 0 aliphatic carbocycles. The predicted molar refractivity (Wildman–Crippen MR) is 420 cm³/mol. The van der Waals surface area contributed by atoms with Crippen LogP contribution in [0.15, 0.2) is 370 Å². The minimum absolute atomic E-state index is 1.09. The SMILES string of the molecule is Cc1ccc(N(c2ccc(/C=C/c3ccc(/C=C/C=C(c4ccccc4)c4ccccc4)cc3)cc2)c2ccc(/C=C/c3ccc(/C=C/c4ccc(N(c5ccccc5)c5ccc(/C=C/c6ccc(/C=C/C=C(c7ccccc7)c7ccccc7)cc6)cc5)cc4)cc3)cc2)cc1. The smallest absolute Gasteiger partial charge is 0.0462 e. The van der Waals surface area contributed by atoms with E-state index in [1.807, 2.05) is 0 Å². The van der Waals surface area contributed by atoms with Crippen LogP contribution < -0.4 is 9.80 Å². The van der Waals surface area contributed by atoms with Crippen molar-refractivity contribution in [2.75, 3.05) is 9.80 Å². The maximum atomic E-state index is 2.32. The van der Waals surface area contributed by atoms with Gasteiger partial charge in [0.2, 0.25) is 0 Å². The Morgan fingerprint density at radius 2 is 0.361 bits per heavy atom. The van der Waals surface area contributed by atoms with Gasteiger partial charge in [0.15, 0.2) is 0 Å². The number of nitrogens with zero attached hydrogens (tertiary/aromatic N) is 2. The summed E-state index contributed by atoms with van der Waals surface area (Å²) in [4.78, 5) is 4.62. The molecule has 97 heavy (non-hydrogen) atoms. The van der Waals surface area contributed by atoms with Gasteiger partial charge in [-0.05, 0) is 169 Å². The molecule has 464 valence electrons. The third-order valence-corrected chi connectivity index (χ3v) is 17.0. The van der Waals surface area contributed by atoms with E-state index in [2.05, 4.69) is 448 Å². The second kappa shape index (κ2) is 31.8. The Hall–Kier alpha value is -12.6. The van der Waals surface area contributed by atoms with Gasteiger partial charge in [0.1, 0.15) is 0 Å². The van der Waals surface area contributed by atoms with Gasteiger partial charge in [-0.15, -0.1) is 0 Å². The number of para-hydroxylation sites is 1. The molecule has 0 N–H and O–H groups in total. The second-order valence-electron chi connectivity index (χ2n) is 23.9. The van der Waals surface area contributed by atoms with E-state index in [1.165, 1.54) is 39.0 Å². The van der Waals surface area contributed by atoms with Gasteiger partial charge < -0.3 is 9.80 Å². The maximum absolute atomic E-state index is 2.32. The van der Waals surface area contributed by atoms with E-state index >= 15 is 0 Å². The zero-order valence-electron chi connectivity index (χ0n) is 54.4. The molecule has 13 rings (SSSR count). The summed E-state index contributed by atoms with van der Waals surface area (Å²) in [6.45, 7) is 2.13. The summed E-state index contributed by atoms with van der Waals surface area (Å²) < 4.78 is 0. The predicted octanol–water partition coefficient (Wildman–Crippen LogP) is 25.9. The molecule has 0 unspecified atom stereocenters. The van der Waals surface area contributed by atoms with Crippen molar-refractivity contribution in [1.29, 1.82) is 0 Å². The van der Waals surface area contributed by atoms with Crippen LogP contribution >= 0.6 is 0 Å². The normalized spacial score (nSPS) is 11.5. The monoisotopic (exact) mass is 1240 g/mol. The highest BCUT2D eigenvalue weighted by Crippen LogP contribution is 2.37. The van der Waals surface area contributed by atoms with E-state index in [1.54, 1.807) is 0 Å². The Morgan fingerprint density at radius 1 is 0.186 bits per heavy atom. The summed E-state index contributed by atoms with van der Waals surface area (Å²) in [5.74, 6) is 0. The fourth-order valence-corrected chi connectivity index (χ4v) is 11.7. The molecule has 0 radical (unpaired) electrons. The molecular formula is C95H74N2. The van der Waals surface area contributed by atoms with Gasteiger partial charge in [-0.2, -0.15) is 0 Å². The maximum Gasteiger partial charge on any atom is 0.0462 e. The van der Waals surface area contributed by atoms with Crippen molar-refractivity contribution < 1.29 is 0 Å². The lowest BCUT2D eigenvalue weighted by Crippen LogP contribution is -2.09. The number of allylic oxidation sites excluding steroid dienone is 4. The summed E-state index contributed by atoms with van der Waals surface area (Å²) in [7, 11) is 0. The van der Waals surface area contributed by atoms with Crippen molar-refractivity contribution in [1.82, 2.24) is 0 Å². The zero-order chi connectivity index (χ0) is 65.6. The largest absolute Gasteiger partial charge is 0.311 e. The van der Waals surface area contributed by atoms with Gasteiger partial charge in [-0.3, -0.25) is 0 Å². The summed E-state index contributed by atoms with van der Waals surface area (Å²) in [5.41, 5.74) is 26.4. The van der Waals surface area contributed by atoms with E-state index in [0.29, 0.717) is 0 Å². The van der Waals surface area contributed by atoms with Crippen LogP contribution in [0.5, 0.6) is 0 Å². The van der Waals surface area contributed by atoms with Crippen LogP contribution in [0.25, 0.3) is 71.9 Å². The quantitative estimate of drug-likeness (QED) is 0.0493. The van der Waals surface area contributed by atoms with Gasteiger partial charge in [0.05, 0.1) is 0 Å². The molecule has 0 amide bonds. The molecule has 0 fully saturated rings. The van der Waals surface area contributed by atoms with Crippen molar-refractivity contribution in [2.24, 2.45) is 0 Å². The highest BCUT2D eigenvalue weighted by atomic mass is 15.1. The number of hydrogen-bond acceptors (Lipinski definition) is 2. The Kier molecular flexibility index (Phi) is 20.7. The zero-order valence-corrected chi connectivity index (χ0v) is 54.4. The van der Waals surface area contributed by atoms with Crippen LogP contribution in [0.3, 0.4) is 0 Å². The van der Waals surface area contributed by atoms with E-state index < -0.39 is 0 Å². The lowest BCUT2D eigenvalue weighted by atomic mass is 9.97. The van der Waals surface area contributed by atoms with E-state index in [-0.39, 0.29) is 0 Å². The van der Waals surface area contributed by atoms with Crippen LogP contribution in [-0.2, 0) is 0 Å². The molecule has 0 aliphatic heterocycles. The first-order chi connectivity index (χ1) is 48.0. The minimum atomic E-state index is 1.09. The Bertz CT molecular complexity index is 4810. The average molecular weight is 1240 g/mol. The molecule has 13 aromatic rings. The highest BCUT2D eigenvalue weighted by molar-refractivity contribution is 5.85. The van der Waals surface area contributed by atoms with Crippen molar-refractivity contribution in [2.45, 2.75) is 6.92 Å². The van der Waals surface area contributed by atoms with Gasteiger partial charge in [0.25, 0.3) is 0 Å². The van der Waals surface area contributed by atoms with Gasteiger partial charge in [-0.1, -0.05) is 364 Å². The van der Waals surface area contributed by atoms with Gasteiger partial charge >= 0.3 is 0 Å². The minimum Gasteiger partial charge on any atom is -0.311 e. The van der Waals surface area contributed by atoms with Crippen LogP contribution in [0, 0.1) is 6.92 Å². The third-order valence-electron chi connectivity index (χ3n) is 17.0. The molecule has 0 heterocycles. The van der Waals surface area contributed by atoms with Gasteiger partial charge in [0, 0.05) is 34.1 Å². The third kappa shape index (κ3) is 17.2. The topological polar surface area (TPSA) is 6.48 Å². The molecule has 0 aliphatic rings. The van der Waals surface area contributed by atoms with Crippen LogP contribution in [0.4, 0.5) is 34.1 Å². The number of aryl methyl sites for hydroxylation is 1. The molecule has 13 aromatic carbocycles. The Morgan fingerprint density at radius 3 is 0.588 bits per heavy atom. The molecule has 0 saturated heterocycles.